The molecule has 148 valence electrons. The van der Waals surface area contributed by atoms with Gasteiger partial charge in [0.25, 0.3) is 0 Å². The van der Waals surface area contributed by atoms with E-state index in [1.807, 2.05) is 42.5 Å². The van der Waals surface area contributed by atoms with Gasteiger partial charge in [0.1, 0.15) is 11.9 Å². The number of rotatable bonds is 10. The van der Waals surface area contributed by atoms with Crippen molar-refractivity contribution >= 4 is 12.3 Å². The standard InChI is InChI=1S/C25H24O4/c26-18-21-14-7-8-15-22(21)29-23(16-9-17-24(27)28)25(19-10-3-1-4-11-19)20-12-5-2-6-13-20/h1-8,10-15,18,23,25H,9,16-17H2,(H,27,28). The van der Waals surface area contributed by atoms with Crippen LogP contribution < -0.4 is 4.74 Å². The smallest absolute Gasteiger partial charge is 0.303 e. The maximum atomic E-state index is 11.5. The van der Waals surface area contributed by atoms with E-state index in [2.05, 4.69) is 24.3 Å². The molecule has 1 atom stereocenters. The molecule has 0 aliphatic heterocycles. The Morgan fingerprint density at radius 3 is 1.97 bits per heavy atom. The summed E-state index contributed by atoms with van der Waals surface area (Å²) >= 11 is 0. The third-order valence-electron chi connectivity index (χ3n) is 4.89. The Kier molecular flexibility index (Phi) is 7.17. The molecule has 0 radical (unpaired) electrons. The van der Waals surface area contributed by atoms with Crippen LogP contribution in [-0.2, 0) is 4.79 Å². The fourth-order valence-corrected chi connectivity index (χ4v) is 3.54. The Bertz CT molecular complexity index is 882. The van der Waals surface area contributed by atoms with Crippen molar-refractivity contribution in [3.05, 3.63) is 102 Å². The molecule has 1 N–H and O–H groups in total. The van der Waals surface area contributed by atoms with Crippen molar-refractivity contribution in [2.45, 2.75) is 31.3 Å². The van der Waals surface area contributed by atoms with Gasteiger partial charge in [0.2, 0.25) is 0 Å². The number of benzene rings is 3. The molecular weight excluding hydrogens is 364 g/mol. The van der Waals surface area contributed by atoms with Crippen molar-refractivity contribution in [1.82, 2.24) is 0 Å². The Labute approximate surface area is 170 Å². The Balaban J connectivity index is 2.00. The molecule has 29 heavy (non-hydrogen) atoms. The Hall–Kier alpha value is -3.40. The third kappa shape index (κ3) is 5.55. The first kappa shape index (κ1) is 20.3. The molecule has 0 spiro atoms. The number of hydrogen-bond acceptors (Lipinski definition) is 3. The summed E-state index contributed by atoms with van der Waals surface area (Å²) < 4.78 is 6.37. The zero-order valence-corrected chi connectivity index (χ0v) is 16.1. The lowest BCUT2D eigenvalue weighted by Crippen LogP contribution is -2.27. The van der Waals surface area contributed by atoms with E-state index in [-0.39, 0.29) is 18.4 Å². The van der Waals surface area contributed by atoms with Crippen molar-refractivity contribution in [2.24, 2.45) is 0 Å². The number of carbonyl (C=O) groups is 2. The van der Waals surface area contributed by atoms with Gasteiger partial charge in [-0.15, -0.1) is 0 Å². The fraction of sp³-hybridized carbons (Fsp3) is 0.200. The van der Waals surface area contributed by atoms with Gasteiger partial charge in [0.15, 0.2) is 6.29 Å². The molecule has 3 aromatic rings. The highest BCUT2D eigenvalue weighted by Gasteiger charge is 2.27. The fourth-order valence-electron chi connectivity index (χ4n) is 3.54. The first-order chi connectivity index (χ1) is 14.2. The van der Waals surface area contributed by atoms with Crippen LogP contribution in [0.4, 0.5) is 0 Å². The van der Waals surface area contributed by atoms with E-state index in [9.17, 15) is 9.59 Å². The molecule has 4 nitrogen and oxygen atoms in total. The Morgan fingerprint density at radius 1 is 0.862 bits per heavy atom. The van der Waals surface area contributed by atoms with Crippen molar-refractivity contribution in [3.8, 4) is 5.75 Å². The number of hydrogen-bond donors (Lipinski definition) is 1. The summed E-state index contributed by atoms with van der Waals surface area (Å²) in [6.45, 7) is 0. The van der Waals surface area contributed by atoms with Crippen LogP contribution in [0.2, 0.25) is 0 Å². The van der Waals surface area contributed by atoms with Crippen molar-refractivity contribution in [1.29, 1.82) is 0 Å². The quantitative estimate of drug-likeness (QED) is 0.477. The van der Waals surface area contributed by atoms with E-state index in [0.29, 0.717) is 24.2 Å². The zero-order valence-electron chi connectivity index (χ0n) is 16.1. The lowest BCUT2D eigenvalue weighted by atomic mass is 9.84. The van der Waals surface area contributed by atoms with Gasteiger partial charge in [0.05, 0.1) is 5.56 Å². The molecule has 4 heteroatoms. The SMILES string of the molecule is O=Cc1ccccc1OC(CCCC(=O)O)C(c1ccccc1)c1ccccc1. The van der Waals surface area contributed by atoms with Gasteiger partial charge in [-0.1, -0.05) is 72.8 Å². The van der Waals surface area contributed by atoms with Crippen LogP contribution in [-0.4, -0.2) is 23.5 Å². The van der Waals surface area contributed by atoms with Crippen molar-refractivity contribution in [2.75, 3.05) is 0 Å². The lowest BCUT2D eigenvalue weighted by Gasteiger charge is -2.29. The lowest BCUT2D eigenvalue weighted by molar-refractivity contribution is -0.137. The van der Waals surface area contributed by atoms with Crippen LogP contribution in [0.3, 0.4) is 0 Å². The topological polar surface area (TPSA) is 63.6 Å². The van der Waals surface area contributed by atoms with E-state index in [1.165, 1.54) is 0 Å². The molecule has 0 heterocycles. The highest BCUT2D eigenvalue weighted by molar-refractivity contribution is 5.79. The number of ether oxygens (including phenoxy) is 1. The molecule has 0 saturated heterocycles. The number of aldehydes is 1. The van der Waals surface area contributed by atoms with Crippen LogP contribution in [0.1, 0.15) is 46.7 Å². The molecular formula is C25H24O4. The molecule has 3 aromatic carbocycles. The average molecular weight is 388 g/mol. The second kappa shape index (κ2) is 10.2. The molecule has 0 aromatic heterocycles. The van der Waals surface area contributed by atoms with Crippen LogP contribution in [0, 0.1) is 0 Å². The van der Waals surface area contributed by atoms with Crippen LogP contribution >= 0.6 is 0 Å². The monoisotopic (exact) mass is 388 g/mol. The van der Waals surface area contributed by atoms with E-state index in [4.69, 9.17) is 9.84 Å². The highest BCUT2D eigenvalue weighted by atomic mass is 16.5. The van der Waals surface area contributed by atoms with Gasteiger partial charge in [-0.3, -0.25) is 9.59 Å². The third-order valence-corrected chi connectivity index (χ3v) is 4.89. The summed E-state index contributed by atoms with van der Waals surface area (Å²) in [6.07, 6.45) is 1.57. The largest absolute Gasteiger partial charge is 0.489 e. The number of para-hydroxylation sites is 1. The maximum absolute atomic E-state index is 11.5. The number of aliphatic carboxylic acids is 1. The summed E-state index contributed by atoms with van der Waals surface area (Å²) in [4.78, 5) is 22.5. The molecule has 0 aliphatic rings. The van der Waals surface area contributed by atoms with Gasteiger partial charge in [-0.25, -0.2) is 0 Å². The molecule has 3 rings (SSSR count). The van der Waals surface area contributed by atoms with Crippen LogP contribution in [0.15, 0.2) is 84.9 Å². The van der Waals surface area contributed by atoms with Crippen molar-refractivity contribution in [3.63, 3.8) is 0 Å². The highest BCUT2D eigenvalue weighted by Crippen LogP contribution is 2.34. The van der Waals surface area contributed by atoms with Gasteiger partial charge < -0.3 is 9.84 Å². The summed E-state index contributed by atoms with van der Waals surface area (Å²) in [5, 5.41) is 9.08. The first-order valence-electron chi connectivity index (χ1n) is 9.71. The molecule has 0 bridgehead atoms. The average Bonchev–Trinajstić information content (AvgIpc) is 2.75. The van der Waals surface area contributed by atoms with E-state index >= 15 is 0 Å². The van der Waals surface area contributed by atoms with E-state index in [0.717, 1.165) is 17.4 Å². The maximum Gasteiger partial charge on any atom is 0.303 e. The number of carboxylic acid groups (broad SMARTS) is 1. The second-order valence-electron chi connectivity index (χ2n) is 6.90. The Morgan fingerprint density at radius 2 is 1.41 bits per heavy atom. The second-order valence-corrected chi connectivity index (χ2v) is 6.90. The molecule has 0 fully saturated rings. The summed E-state index contributed by atoms with van der Waals surface area (Å²) in [7, 11) is 0. The van der Waals surface area contributed by atoms with Crippen LogP contribution in [0.25, 0.3) is 0 Å². The van der Waals surface area contributed by atoms with Crippen LogP contribution in [0.5, 0.6) is 5.75 Å². The summed E-state index contributed by atoms with van der Waals surface area (Å²) in [5.74, 6) is -0.404. The van der Waals surface area contributed by atoms with Gasteiger partial charge in [-0.05, 0) is 36.1 Å². The molecule has 0 amide bonds. The predicted molar refractivity (Wildman–Crippen MR) is 112 cm³/mol. The minimum absolute atomic E-state index is 0.0749. The zero-order chi connectivity index (χ0) is 20.5. The summed E-state index contributed by atoms with van der Waals surface area (Å²) in [6, 6.07) is 27.2. The van der Waals surface area contributed by atoms with Gasteiger partial charge in [0, 0.05) is 12.3 Å². The minimum Gasteiger partial charge on any atom is -0.489 e. The normalized spacial score (nSPS) is 11.8. The van der Waals surface area contributed by atoms with Gasteiger partial charge in [-0.2, -0.15) is 0 Å². The number of carboxylic acids is 1. The first-order valence-corrected chi connectivity index (χ1v) is 9.71. The molecule has 0 aliphatic carbocycles. The summed E-state index contributed by atoms with van der Waals surface area (Å²) in [5.41, 5.74) is 2.65. The van der Waals surface area contributed by atoms with Gasteiger partial charge >= 0.3 is 5.97 Å². The van der Waals surface area contributed by atoms with Crippen molar-refractivity contribution < 1.29 is 19.4 Å². The molecule has 0 saturated carbocycles. The number of carbonyl (C=O) groups excluding carboxylic acids is 1. The predicted octanol–water partition coefficient (Wildman–Crippen LogP) is 5.33. The van der Waals surface area contributed by atoms with E-state index < -0.39 is 5.97 Å². The molecule has 1 unspecified atom stereocenters. The minimum atomic E-state index is -0.826. The van der Waals surface area contributed by atoms with E-state index in [1.54, 1.807) is 18.2 Å².